The highest BCUT2D eigenvalue weighted by Gasteiger charge is 2.43. The molecule has 0 amide bonds. The summed E-state index contributed by atoms with van der Waals surface area (Å²) in [5, 5.41) is 46.8. The number of aliphatic hydroxyl groups is 1. The molecule has 2 aliphatic rings. The molecule has 0 aromatic heterocycles. The summed E-state index contributed by atoms with van der Waals surface area (Å²) in [5.74, 6) is -0.378. The summed E-state index contributed by atoms with van der Waals surface area (Å²) in [7, 11) is 3.85. The molecule has 0 saturated heterocycles. The van der Waals surface area contributed by atoms with Crippen LogP contribution in [0.15, 0.2) is 101 Å². The Bertz CT molecular complexity index is 2280. The van der Waals surface area contributed by atoms with Crippen LogP contribution in [0.25, 0.3) is 37.5 Å². The lowest BCUT2D eigenvalue weighted by Gasteiger charge is -2.35. The van der Waals surface area contributed by atoms with Crippen LogP contribution in [-0.4, -0.2) is 39.7 Å². The predicted molar refractivity (Wildman–Crippen MR) is 177 cm³/mol. The number of hydrogen-bond donors (Lipinski definition) is 5. The molecule has 0 unspecified atom stereocenters. The van der Waals surface area contributed by atoms with Crippen molar-refractivity contribution in [2.24, 2.45) is 0 Å². The molecule has 8 nitrogen and oxygen atoms in total. The second-order valence-corrected chi connectivity index (χ2v) is 11.2. The van der Waals surface area contributed by atoms with Gasteiger partial charge in [0.05, 0.1) is 23.8 Å². The van der Waals surface area contributed by atoms with Crippen molar-refractivity contribution >= 4 is 49.8 Å². The Morgan fingerprint density at radius 2 is 1.24 bits per heavy atom. The van der Waals surface area contributed by atoms with E-state index in [-0.39, 0.29) is 39.7 Å². The Labute approximate surface area is 258 Å². The van der Waals surface area contributed by atoms with Gasteiger partial charge in [-0.2, -0.15) is 0 Å². The normalized spacial score (nSPS) is 14.9. The first-order valence-corrected chi connectivity index (χ1v) is 14.1. The van der Waals surface area contributed by atoms with E-state index in [4.69, 9.17) is 18.0 Å². The van der Waals surface area contributed by atoms with Gasteiger partial charge in [-0.3, -0.25) is 0 Å². The van der Waals surface area contributed by atoms with E-state index in [2.05, 4.69) is 4.85 Å². The highest BCUT2D eigenvalue weighted by atomic mass is 16.3. The molecule has 0 saturated carbocycles. The lowest BCUT2D eigenvalue weighted by molar-refractivity contribution is -0.463. The minimum atomic E-state index is -0.268. The third-order valence-corrected chi connectivity index (χ3v) is 8.54. The Kier molecular flexibility index (Phi) is 5.93. The van der Waals surface area contributed by atoms with E-state index in [1.807, 2.05) is 67.2 Å². The molecule has 0 bridgehead atoms. The van der Waals surface area contributed by atoms with Crippen LogP contribution in [0.3, 0.4) is 0 Å². The van der Waals surface area contributed by atoms with Crippen molar-refractivity contribution < 1.29 is 19.9 Å². The van der Waals surface area contributed by atoms with Gasteiger partial charge >= 0.3 is 0 Å². The first kappa shape index (κ1) is 27.3. The van der Waals surface area contributed by atoms with Crippen molar-refractivity contribution in [3.05, 3.63) is 141 Å². The quantitative estimate of drug-likeness (QED) is 0.0489. The van der Waals surface area contributed by atoms with Crippen LogP contribution >= 0.6 is 0 Å². The van der Waals surface area contributed by atoms with Crippen molar-refractivity contribution in [2.75, 3.05) is 25.6 Å². The number of phenolic OH excluding ortho intramolecular Hbond substituents is 2. The number of fused-ring (bicyclic) bond motifs is 4. The zero-order valence-corrected chi connectivity index (χ0v) is 24.3. The molecule has 216 valence electrons. The number of nitriles is 1. The minimum absolute atomic E-state index is 0.0817. The van der Waals surface area contributed by atoms with Gasteiger partial charge in [0.15, 0.2) is 0 Å². The molecule has 7 N–H and O–H groups in total. The topological polar surface area (TPSA) is 144 Å². The van der Waals surface area contributed by atoms with Crippen molar-refractivity contribution in [3.63, 3.8) is 0 Å². The zero-order valence-electron chi connectivity index (χ0n) is 24.3. The van der Waals surface area contributed by atoms with Crippen molar-refractivity contribution in [2.45, 2.75) is 0 Å². The van der Waals surface area contributed by atoms with Crippen LogP contribution in [0, 0.1) is 17.9 Å². The van der Waals surface area contributed by atoms with Crippen molar-refractivity contribution in [1.82, 2.24) is 0 Å². The molecule has 5 aromatic carbocycles. The van der Waals surface area contributed by atoms with Gasteiger partial charge in [-0.05, 0) is 53.2 Å². The Morgan fingerprint density at radius 1 is 0.733 bits per heavy atom. The first-order chi connectivity index (χ1) is 21.7. The lowest BCUT2D eigenvalue weighted by Crippen LogP contribution is -2.27. The highest BCUT2D eigenvalue weighted by Crippen LogP contribution is 2.57. The molecule has 45 heavy (non-hydrogen) atoms. The molecule has 5 aromatic rings. The van der Waals surface area contributed by atoms with Crippen LogP contribution in [0.2, 0.25) is 0 Å². The van der Waals surface area contributed by atoms with E-state index in [1.54, 1.807) is 24.3 Å². The smallest absolute Gasteiger partial charge is 0.270 e. The number of benzene rings is 5. The Balaban J connectivity index is 1.74. The number of nitrogen functional groups attached to an aromatic ring is 2. The van der Waals surface area contributed by atoms with Crippen LogP contribution in [0.4, 0.5) is 11.4 Å². The Hall–Kier alpha value is -6.51. The van der Waals surface area contributed by atoms with E-state index in [1.165, 1.54) is 12.1 Å². The van der Waals surface area contributed by atoms with E-state index < -0.39 is 0 Å². The molecule has 0 aliphatic heterocycles. The number of nitrogens with zero attached hydrogens (tertiary/aromatic N) is 3. The largest absolute Gasteiger partial charge is 0.507 e. The molecular weight excluding hydrogens is 562 g/mol. The van der Waals surface area contributed by atoms with E-state index in [0.717, 1.165) is 16.8 Å². The summed E-state index contributed by atoms with van der Waals surface area (Å²) in [6.07, 6.45) is 0. The van der Waals surface area contributed by atoms with E-state index in [0.29, 0.717) is 55.2 Å². The van der Waals surface area contributed by atoms with Crippen molar-refractivity contribution in [1.29, 1.82) is 5.26 Å². The second-order valence-electron chi connectivity index (χ2n) is 11.2. The predicted octanol–water partition coefficient (Wildman–Crippen LogP) is 6.47. The average molecular weight is 589 g/mol. The van der Waals surface area contributed by atoms with Crippen LogP contribution in [0.5, 0.6) is 11.5 Å². The summed E-state index contributed by atoms with van der Waals surface area (Å²) >= 11 is 0. The fourth-order valence-electron chi connectivity index (χ4n) is 6.82. The fourth-order valence-corrected chi connectivity index (χ4v) is 6.82. The van der Waals surface area contributed by atoms with Crippen LogP contribution < -0.4 is 11.5 Å². The fraction of sp³-hybridized carbons (Fsp3) is 0.0541. The molecule has 0 fully saturated rings. The molecule has 0 radical (unpaired) electrons. The maximum Gasteiger partial charge on any atom is 0.270 e. The van der Waals surface area contributed by atoms with Crippen LogP contribution in [0.1, 0.15) is 27.8 Å². The van der Waals surface area contributed by atoms with Crippen LogP contribution in [-0.2, 0) is 0 Å². The van der Waals surface area contributed by atoms with E-state index >= 15 is 0 Å². The monoisotopic (exact) mass is 588 g/mol. The zero-order chi connectivity index (χ0) is 31.7. The van der Waals surface area contributed by atoms with Gasteiger partial charge in [-0.1, -0.05) is 36.4 Å². The molecule has 8 heteroatoms. The maximum atomic E-state index is 12.2. The Morgan fingerprint density at radius 3 is 1.71 bits per heavy atom. The summed E-state index contributed by atoms with van der Waals surface area (Å²) in [5.41, 5.74) is 19.0. The highest BCUT2D eigenvalue weighted by molar-refractivity contribution is 6.25. The molecular formula is C37H26N5O3+. The summed E-state index contributed by atoms with van der Waals surface area (Å²) in [6, 6.07) is 25.0. The number of allylic oxidation sites excluding steroid dienone is 3. The van der Waals surface area contributed by atoms with Gasteiger partial charge in [0.25, 0.3) is 5.70 Å². The van der Waals surface area contributed by atoms with Gasteiger partial charge in [-0.25, -0.2) is 14.7 Å². The third-order valence-electron chi connectivity index (χ3n) is 8.54. The lowest BCUT2D eigenvalue weighted by atomic mass is 9.68. The summed E-state index contributed by atoms with van der Waals surface area (Å²) in [6.45, 7) is 7.98. The summed E-state index contributed by atoms with van der Waals surface area (Å²) in [4.78, 5) is 3.58. The number of hydrogen-bond acceptors (Lipinski definition) is 6. The number of phenols is 2. The standard InChI is InChI=1S/C37H25N5O3/c1-41-24(17-38)31-34(32-27-18(8-4-14-25(27)43)16-19-9-5-15-26(44)28(19)32)37(45)35(31)33-29-20(10-6-12-22(29)39)36(42(2)3)21-11-7-13-23(40)30(21)33/h4-16H,39-40H2,2-3H3,(H2-,43,44,45)/p+1/b31-24+. The molecule has 0 atom stereocenters. The molecule has 7 rings (SSSR count). The minimum Gasteiger partial charge on any atom is -0.507 e. The third kappa shape index (κ3) is 3.67. The number of nitrogens with two attached hydrogens (primary N) is 2. The van der Waals surface area contributed by atoms with Gasteiger partial charge in [0.2, 0.25) is 5.71 Å². The van der Waals surface area contributed by atoms with E-state index in [9.17, 15) is 20.6 Å². The van der Waals surface area contributed by atoms with Gasteiger partial charge in [0, 0.05) is 61.1 Å². The van der Waals surface area contributed by atoms with Crippen molar-refractivity contribution in [3.8, 4) is 17.6 Å². The SMILES string of the molecule is [C-]#[N+]/C(C#N)=C1/C(=C2c3c(N)cccc3C(=[N+](C)C)c3cccc(N)c32)C(O)=C1c1c2c(O)cccc2cc2cccc(O)c12. The average Bonchev–Trinajstić information content (AvgIpc) is 3.01. The molecule has 0 spiro atoms. The molecule has 0 heterocycles. The van der Waals surface area contributed by atoms with Gasteiger partial charge in [0.1, 0.15) is 31.4 Å². The maximum absolute atomic E-state index is 12.2. The number of anilines is 2. The van der Waals surface area contributed by atoms with Gasteiger partial charge in [-0.15, -0.1) is 0 Å². The molecule has 2 aliphatic carbocycles. The first-order valence-electron chi connectivity index (χ1n) is 14.1. The second kappa shape index (κ2) is 9.77. The van der Waals surface area contributed by atoms with Gasteiger partial charge < -0.3 is 26.8 Å². The summed E-state index contributed by atoms with van der Waals surface area (Å²) < 4.78 is 1.98. The number of aliphatic hydroxyl groups excluding tert-OH is 1. The number of rotatable bonds is 1. The number of aromatic hydroxyl groups is 2.